The number of thiophene rings is 1. The van der Waals surface area contributed by atoms with Gasteiger partial charge < -0.3 is 30.1 Å². The highest BCUT2D eigenvalue weighted by Gasteiger charge is 2.25. The highest BCUT2D eigenvalue weighted by atomic mass is 32.1. The number of nitrogens with one attached hydrogen (secondary N) is 6. The first-order chi connectivity index (χ1) is 29.6. The fourth-order valence-corrected chi connectivity index (χ4v) is 8.22. The molecule has 0 atom stereocenters. The number of anilines is 4. The lowest BCUT2D eigenvalue weighted by Crippen LogP contribution is -2.03. The number of H-pyrrole nitrogens is 4. The molecular formula is C44H33N13O2S. The van der Waals surface area contributed by atoms with Crippen molar-refractivity contribution in [1.82, 2.24) is 50.3 Å². The molecule has 0 aliphatic rings. The molecule has 0 fully saturated rings. The van der Waals surface area contributed by atoms with E-state index in [1.807, 2.05) is 80.2 Å². The molecule has 0 unspecified atom stereocenters. The number of benzene rings is 3. The van der Waals surface area contributed by atoms with Crippen molar-refractivity contribution in [3.05, 3.63) is 121 Å². The topological polar surface area (TPSA) is 207 Å². The smallest absolute Gasteiger partial charge is 0.152 e. The Morgan fingerprint density at radius 1 is 0.700 bits per heavy atom. The van der Waals surface area contributed by atoms with Gasteiger partial charge in [-0.1, -0.05) is 30.3 Å². The first-order valence-corrected chi connectivity index (χ1v) is 19.7. The second-order valence-corrected chi connectivity index (χ2v) is 14.7. The summed E-state index contributed by atoms with van der Waals surface area (Å²) in [6.07, 6.45) is 12.3. The van der Waals surface area contributed by atoms with Crippen molar-refractivity contribution in [2.24, 2.45) is 0 Å². The van der Waals surface area contributed by atoms with Crippen molar-refractivity contribution in [1.29, 1.82) is 5.26 Å². The van der Waals surface area contributed by atoms with E-state index in [1.54, 1.807) is 13.3 Å². The van der Waals surface area contributed by atoms with Crippen LogP contribution in [0.4, 0.5) is 23.0 Å². The first-order valence-electron chi connectivity index (χ1n) is 18.9. The van der Waals surface area contributed by atoms with Gasteiger partial charge in [0.15, 0.2) is 5.75 Å². The van der Waals surface area contributed by atoms with Gasteiger partial charge in [-0.15, -0.1) is 11.3 Å². The van der Waals surface area contributed by atoms with Gasteiger partial charge in [0, 0.05) is 57.5 Å². The molecule has 7 aromatic heterocycles. The lowest BCUT2D eigenvalue weighted by Gasteiger charge is -2.19. The minimum Gasteiger partial charge on any atom is -0.495 e. The maximum Gasteiger partial charge on any atom is 0.152 e. The Bertz CT molecular complexity index is 3190. The molecule has 15 nitrogen and oxygen atoms in total. The third kappa shape index (κ3) is 6.40. The van der Waals surface area contributed by atoms with Gasteiger partial charge in [-0.2, -0.15) is 15.5 Å². The fourth-order valence-electron chi connectivity index (χ4n) is 7.42. The summed E-state index contributed by atoms with van der Waals surface area (Å²) >= 11 is 1.43. The van der Waals surface area contributed by atoms with Crippen LogP contribution in [-0.4, -0.2) is 64.0 Å². The van der Waals surface area contributed by atoms with Crippen molar-refractivity contribution in [2.75, 3.05) is 24.4 Å². The van der Waals surface area contributed by atoms with Crippen LogP contribution in [0.15, 0.2) is 116 Å². The number of nitriles is 1. The molecule has 7 heterocycles. The Kier molecular flexibility index (Phi) is 9.16. The van der Waals surface area contributed by atoms with Gasteiger partial charge in [0.1, 0.15) is 58.0 Å². The van der Waals surface area contributed by atoms with E-state index in [0.29, 0.717) is 63.0 Å². The Morgan fingerprint density at radius 3 is 2.17 bits per heavy atom. The Morgan fingerprint density at radius 2 is 1.45 bits per heavy atom. The Labute approximate surface area is 345 Å². The molecule has 10 rings (SSSR count). The second kappa shape index (κ2) is 15.2. The van der Waals surface area contributed by atoms with Gasteiger partial charge in [-0.3, -0.25) is 10.2 Å². The van der Waals surface area contributed by atoms with Crippen LogP contribution < -0.4 is 20.1 Å². The lowest BCUT2D eigenvalue weighted by molar-refractivity contribution is 0.343. The maximum atomic E-state index is 9.44. The molecule has 0 saturated carbocycles. The van der Waals surface area contributed by atoms with Crippen molar-refractivity contribution in [3.63, 3.8) is 0 Å². The Balaban J connectivity index is 1.12. The third-order valence-corrected chi connectivity index (χ3v) is 11.2. The van der Waals surface area contributed by atoms with Gasteiger partial charge in [0.25, 0.3) is 0 Å². The molecule has 0 spiro atoms. The minimum atomic E-state index is 0.384. The van der Waals surface area contributed by atoms with Crippen molar-refractivity contribution >= 4 is 56.4 Å². The minimum absolute atomic E-state index is 0.384. The Hall–Kier alpha value is -8.29. The fraction of sp³-hybridized carbons (Fsp3) is 0.0682. The molecule has 0 aliphatic carbocycles. The highest BCUT2D eigenvalue weighted by molar-refractivity contribution is 7.16. The van der Waals surface area contributed by atoms with Crippen LogP contribution in [0.5, 0.6) is 11.5 Å². The molecule has 3 aromatic carbocycles. The third-order valence-electron chi connectivity index (χ3n) is 10.1. The predicted octanol–water partition coefficient (Wildman–Crippen LogP) is 9.84. The SMILES string of the molecule is CCOc1c(Nc2ncnc3[nH]cc(-c4cn[nH]c4)c23)cc(-c2ccccc2)cc1-c1n[nH]cc1-c1c[nH]c2ncnc(Nc3cc(-c4ccc(C#N)s4)ccc3OC)c12. The largest absolute Gasteiger partial charge is 0.495 e. The number of rotatable bonds is 12. The lowest BCUT2D eigenvalue weighted by atomic mass is 9.96. The number of aromatic amines is 4. The summed E-state index contributed by atoms with van der Waals surface area (Å²) in [5, 5.41) is 33.2. The molecule has 10 aromatic rings. The average Bonchev–Trinajstić information content (AvgIpc) is 4.14. The molecule has 0 saturated heterocycles. The van der Waals surface area contributed by atoms with E-state index >= 15 is 0 Å². The molecule has 16 heteroatoms. The van der Waals surface area contributed by atoms with Gasteiger partial charge in [0.2, 0.25) is 0 Å². The van der Waals surface area contributed by atoms with Gasteiger partial charge in [-0.05, 0) is 66.1 Å². The normalized spacial score (nSPS) is 11.2. The second-order valence-electron chi connectivity index (χ2n) is 13.6. The number of fused-ring (bicyclic) bond motifs is 2. The van der Waals surface area contributed by atoms with E-state index in [4.69, 9.17) is 24.5 Å². The van der Waals surface area contributed by atoms with Crippen LogP contribution in [0.1, 0.15) is 11.8 Å². The number of nitrogens with zero attached hydrogens (tertiary/aromatic N) is 7. The zero-order chi connectivity index (χ0) is 40.6. The van der Waals surface area contributed by atoms with Gasteiger partial charge in [-0.25, -0.2) is 19.9 Å². The molecule has 6 N–H and O–H groups in total. The number of hydrogen-bond acceptors (Lipinski definition) is 12. The van der Waals surface area contributed by atoms with Crippen LogP contribution in [-0.2, 0) is 0 Å². The molecule has 292 valence electrons. The molecule has 60 heavy (non-hydrogen) atoms. The summed E-state index contributed by atoms with van der Waals surface area (Å²) in [5.41, 5.74) is 10.3. The molecular weight excluding hydrogens is 775 g/mol. The first kappa shape index (κ1) is 36.1. The van der Waals surface area contributed by atoms with Crippen LogP contribution in [0.3, 0.4) is 0 Å². The van der Waals surface area contributed by atoms with Gasteiger partial charge in [0.05, 0.1) is 42.1 Å². The number of methoxy groups -OCH3 is 1. The summed E-state index contributed by atoms with van der Waals surface area (Å²) in [5.74, 6) is 2.35. The molecule has 0 aliphatic heterocycles. The highest BCUT2D eigenvalue weighted by Crippen LogP contribution is 2.47. The summed E-state index contributed by atoms with van der Waals surface area (Å²) in [4.78, 5) is 26.8. The number of ether oxygens (including phenoxy) is 2. The van der Waals surface area contributed by atoms with E-state index in [0.717, 1.165) is 60.2 Å². The number of hydrogen-bond donors (Lipinski definition) is 6. The standard InChI is InChI=1S/C44H33N13O2S/c1-3-59-40-29(13-26(24-7-5-4-6-8-24)15-34(40)56-43-37-30(27-17-52-53-18-27)19-46-41(37)48-22-50-43)39-32(21-54-57-39)31-20-47-42-38(31)44(51-23-49-42)55-33-14-25(9-11-35(33)58-2)36-12-10-28(16-45)60-36/h4-15,17-23H,3H2,1-2H3,(H,52,53)(H,54,57)(H2,46,48,50,56)(H2,47,49,51,55). The molecule has 0 amide bonds. The zero-order valence-electron chi connectivity index (χ0n) is 32.0. The van der Waals surface area contributed by atoms with E-state index in [2.05, 4.69) is 76.2 Å². The van der Waals surface area contributed by atoms with E-state index < -0.39 is 0 Å². The van der Waals surface area contributed by atoms with E-state index in [9.17, 15) is 5.26 Å². The van der Waals surface area contributed by atoms with Crippen molar-refractivity contribution < 1.29 is 9.47 Å². The van der Waals surface area contributed by atoms with Crippen molar-refractivity contribution in [3.8, 4) is 72.6 Å². The van der Waals surface area contributed by atoms with Gasteiger partial charge >= 0.3 is 0 Å². The summed E-state index contributed by atoms with van der Waals surface area (Å²) < 4.78 is 12.3. The van der Waals surface area contributed by atoms with Crippen LogP contribution in [0.2, 0.25) is 0 Å². The van der Waals surface area contributed by atoms with E-state index in [1.165, 1.54) is 24.0 Å². The van der Waals surface area contributed by atoms with Crippen LogP contribution >= 0.6 is 11.3 Å². The quantitative estimate of drug-likeness (QED) is 0.0685. The van der Waals surface area contributed by atoms with Crippen molar-refractivity contribution in [2.45, 2.75) is 6.92 Å². The van der Waals surface area contributed by atoms with Crippen LogP contribution in [0, 0.1) is 11.3 Å². The zero-order valence-corrected chi connectivity index (χ0v) is 32.8. The summed E-state index contributed by atoms with van der Waals surface area (Å²) in [7, 11) is 1.63. The molecule has 0 radical (unpaired) electrons. The predicted molar refractivity (Wildman–Crippen MR) is 233 cm³/mol. The molecule has 0 bridgehead atoms. The maximum absolute atomic E-state index is 9.44. The summed E-state index contributed by atoms with van der Waals surface area (Å²) in [6.45, 7) is 2.34. The number of aromatic nitrogens is 10. The monoisotopic (exact) mass is 807 g/mol. The average molecular weight is 808 g/mol. The van der Waals surface area contributed by atoms with E-state index in [-0.39, 0.29) is 0 Å². The summed E-state index contributed by atoms with van der Waals surface area (Å²) in [6, 6.07) is 26.2. The van der Waals surface area contributed by atoms with Crippen LogP contribution in [0.25, 0.3) is 77.1 Å².